The molecular formula is C10H15F2NO3. The molecule has 6 heteroatoms. The Morgan fingerprint density at radius 3 is 2.69 bits per heavy atom. The van der Waals surface area contributed by atoms with Gasteiger partial charge in [-0.25, -0.2) is 4.79 Å². The SMILES string of the molecule is O=C(O)C(F)(F)C1(O)CCN2CCCCC21. The van der Waals surface area contributed by atoms with E-state index < -0.39 is 23.5 Å². The summed E-state index contributed by atoms with van der Waals surface area (Å²) >= 11 is 0. The average Bonchev–Trinajstić information content (AvgIpc) is 2.59. The van der Waals surface area contributed by atoms with Crippen molar-refractivity contribution in [1.82, 2.24) is 4.90 Å². The van der Waals surface area contributed by atoms with E-state index in [1.54, 1.807) is 4.90 Å². The van der Waals surface area contributed by atoms with Crippen molar-refractivity contribution in [3.8, 4) is 0 Å². The maximum absolute atomic E-state index is 13.5. The summed E-state index contributed by atoms with van der Waals surface area (Å²) < 4.78 is 27.1. The van der Waals surface area contributed by atoms with Gasteiger partial charge in [-0.05, 0) is 25.8 Å². The van der Waals surface area contributed by atoms with Crippen molar-refractivity contribution in [1.29, 1.82) is 0 Å². The van der Waals surface area contributed by atoms with Crippen molar-refractivity contribution in [2.24, 2.45) is 0 Å². The Kier molecular flexibility index (Phi) is 2.66. The van der Waals surface area contributed by atoms with Crippen LogP contribution >= 0.6 is 0 Å². The number of halogens is 2. The van der Waals surface area contributed by atoms with Crippen LogP contribution in [0.5, 0.6) is 0 Å². The van der Waals surface area contributed by atoms with Crippen LogP contribution in [0.1, 0.15) is 25.7 Å². The van der Waals surface area contributed by atoms with Gasteiger partial charge in [0.2, 0.25) is 0 Å². The van der Waals surface area contributed by atoms with E-state index in [0.717, 1.165) is 12.8 Å². The largest absolute Gasteiger partial charge is 0.477 e. The number of hydrogen-bond donors (Lipinski definition) is 2. The van der Waals surface area contributed by atoms with E-state index in [9.17, 15) is 18.7 Å². The van der Waals surface area contributed by atoms with Gasteiger partial charge in [0.05, 0.1) is 0 Å². The maximum Gasteiger partial charge on any atom is 0.377 e. The highest BCUT2D eigenvalue weighted by molar-refractivity contribution is 5.77. The molecule has 0 saturated carbocycles. The van der Waals surface area contributed by atoms with Crippen molar-refractivity contribution < 1.29 is 23.8 Å². The van der Waals surface area contributed by atoms with E-state index in [4.69, 9.17) is 5.11 Å². The molecule has 92 valence electrons. The van der Waals surface area contributed by atoms with Crippen molar-refractivity contribution in [3.05, 3.63) is 0 Å². The normalized spacial score (nSPS) is 36.1. The predicted octanol–water partition coefficient (Wildman–Crippen LogP) is 0.696. The molecule has 4 nitrogen and oxygen atoms in total. The highest BCUT2D eigenvalue weighted by Gasteiger charge is 2.66. The van der Waals surface area contributed by atoms with Gasteiger partial charge < -0.3 is 10.2 Å². The fourth-order valence-corrected chi connectivity index (χ4v) is 2.83. The molecule has 2 aliphatic heterocycles. The van der Waals surface area contributed by atoms with Gasteiger partial charge in [-0.3, -0.25) is 4.90 Å². The average molecular weight is 235 g/mol. The van der Waals surface area contributed by atoms with Crippen LogP contribution in [0, 0.1) is 0 Å². The van der Waals surface area contributed by atoms with Gasteiger partial charge >= 0.3 is 11.9 Å². The number of rotatable bonds is 2. The van der Waals surface area contributed by atoms with Crippen LogP contribution in [0.15, 0.2) is 0 Å². The van der Waals surface area contributed by atoms with Gasteiger partial charge in [0, 0.05) is 12.6 Å². The fraction of sp³-hybridized carbons (Fsp3) is 0.900. The lowest BCUT2D eigenvalue weighted by atomic mass is 9.83. The van der Waals surface area contributed by atoms with Crippen molar-refractivity contribution in [2.45, 2.75) is 43.2 Å². The minimum atomic E-state index is -4.07. The molecule has 0 bridgehead atoms. The summed E-state index contributed by atoms with van der Waals surface area (Å²) in [6, 6.07) is -0.715. The molecule has 16 heavy (non-hydrogen) atoms. The Morgan fingerprint density at radius 2 is 2.06 bits per heavy atom. The lowest BCUT2D eigenvalue weighted by molar-refractivity contribution is -0.215. The number of aliphatic carboxylic acids is 1. The van der Waals surface area contributed by atoms with Gasteiger partial charge in [-0.1, -0.05) is 6.42 Å². The number of carboxylic acid groups (broad SMARTS) is 1. The Bertz CT molecular complexity index is 310. The van der Waals surface area contributed by atoms with Crippen LogP contribution in [0.4, 0.5) is 8.78 Å². The van der Waals surface area contributed by atoms with E-state index in [1.807, 2.05) is 0 Å². The summed E-state index contributed by atoms with van der Waals surface area (Å²) in [7, 11) is 0. The van der Waals surface area contributed by atoms with Crippen molar-refractivity contribution >= 4 is 5.97 Å². The smallest absolute Gasteiger partial charge is 0.377 e. The second-order valence-electron chi connectivity index (χ2n) is 4.60. The minimum Gasteiger partial charge on any atom is -0.477 e. The van der Waals surface area contributed by atoms with E-state index in [-0.39, 0.29) is 6.42 Å². The zero-order valence-corrected chi connectivity index (χ0v) is 8.83. The number of aliphatic hydroxyl groups is 1. The quantitative estimate of drug-likeness (QED) is 0.739. The summed E-state index contributed by atoms with van der Waals surface area (Å²) in [6.45, 7) is 1.02. The van der Waals surface area contributed by atoms with Gasteiger partial charge in [0.15, 0.2) is 5.60 Å². The second-order valence-corrected chi connectivity index (χ2v) is 4.60. The van der Waals surface area contributed by atoms with Crippen molar-refractivity contribution in [3.63, 3.8) is 0 Å². The fourth-order valence-electron chi connectivity index (χ4n) is 2.83. The standard InChI is InChI=1S/C10H15F2NO3/c11-10(12,8(14)15)9(16)4-6-13-5-2-1-3-7(9)13/h7,16H,1-6H2,(H,14,15). The van der Waals surface area contributed by atoms with E-state index in [2.05, 4.69) is 0 Å². The van der Waals surface area contributed by atoms with E-state index in [0.29, 0.717) is 19.5 Å². The Labute approximate surface area is 91.9 Å². The third-order valence-electron chi connectivity index (χ3n) is 3.76. The molecule has 2 unspecified atom stereocenters. The molecule has 0 aromatic heterocycles. The lowest BCUT2D eigenvalue weighted by Gasteiger charge is -2.39. The molecule has 2 saturated heterocycles. The van der Waals surface area contributed by atoms with Gasteiger partial charge in [-0.2, -0.15) is 8.78 Å². The molecule has 2 atom stereocenters. The molecule has 0 amide bonds. The summed E-state index contributed by atoms with van der Waals surface area (Å²) in [5.74, 6) is -6.30. The maximum atomic E-state index is 13.5. The zero-order valence-electron chi connectivity index (χ0n) is 8.83. The van der Waals surface area contributed by atoms with Crippen LogP contribution in [0.25, 0.3) is 0 Å². The second kappa shape index (κ2) is 3.63. The summed E-state index contributed by atoms with van der Waals surface area (Å²) in [6.07, 6.45) is 1.96. The molecule has 2 N–H and O–H groups in total. The summed E-state index contributed by atoms with van der Waals surface area (Å²) in [5, 5.41) is 18.5. The van der Waals surface area contributed by atoms with Crippen LogP contribution < -0.4 is 0 Å². The van der Waals surface area contributed by atoms with Crippen LogP contribution in [0.2, 0.25) is 0 Å². The van der Waals surface area contributed by atoms with Crippen LogP contribution in [0.3, 0.4) is 0 Å². The zero-order chi connectivity index (χ0) is 12.0. The first-order valence-electron chi connectivity index (χ1n) is 5.47. The monoisotopic (exact) mass is 235 g/mol. The third-order valence-corrected chi connectivity index (χ3v) is 3.76. The van der Waals surface area contributed by atoms with Crippen LogP contribution in [-0.4, -0.2) is 51.7 Å². The highest BCUT2D eigenvalue weighted by Crippen LogP contribution is 2.44. The molecule has 2 fully saturated rings. The first-order valence-corrected chi connectivity index (χ1v) is 5.47. The topological polar surface area (TPSA) is 60.8 Å². The molecule has 2 rings (SSSR count). The summed E-state index contributed by atoms with van der Waals surface area (Å²) in [5.41, 5.74) is -2.40. The number of alkyl halides is 2. The molecular weight excluding hydrogens is 220 g/mol. The number of piperidine rings is 1. The Balaban J connectivity index is 2.28. The molecule has 2 heterocycles. The first-order chi connectivity index (χ1) is 7.39. The van der Waals surface area contributed by atoms with Gasteiger partial charge in [0.1, 0.15) is 0 Å². The first kappa shape index (κ1) is 11.7. The third kappa shape index (κ3) is 1.43. The van der Waals surface area contributed by atoms with E-state index in [1.165, 1.54) is 0 Å². The molecule has 0 aliphatic carbocycles. The molecule has 0 radical (unpaired) electrons. The Morgan fingerprint density at radius 1 is 1.38 bits per heavy atom. The summed E-state index contributed by atoms with van der Waals surface area (Å²) in [4.78, 5) is 12.3. The highest BCUT2D eigenvalue weighted by atomic mass is 19.3. The molecule has 0 aromatic rings. The predicted molar refractivity (Wildman–Crippen MR) is 51.4 cm³/mol. The molecule has 2 aliphatic rings. The van der Waals surface area contributed by atoms with Crippen molar-refractivity contribution in [2.75, 3.05) is 13.1 Å². The molecule has 0 aromatic carbocycles. The van der Waals surface area contributed by atoms with E-state index >= 15 is 0 Å². The number of hydrogen-bond acceptors (Lipinski definition) is 3. The van der Waals surface area contributed by atoms with Gasteiger partial charge in [-0.15, -0.1) is 0 Å². The number of carboxylic acids is 1. The number of nitrogens with zero attached hydrogens (tertiary/aromatic N) is 1. The lowest BCUT2D eigenvalue weighted by Crippen LogP contribution is -2.60. The Hall–Kier alpha value is -0.750. The van der Waals surface area contributed by atoms with Gasteiger partial charge in [0.25, 0.3) is 0 Å². The van der Waals surface area contributed by atoms with Crippen LogP contribution in [-0.2, 0) is 4.79 Å². The minimum absolute atomic E-state index is 0.170. The number of fused-ring (bicyclic) bond motifs is 1. The molecule has 0 spiro atoms. The number of carbonyl (C=O) groups is 1.